The van der Waals surface area contributed by atoms with E-state index in [0.29, 0.717) is 0 Å². The van der Waals surface area contributed by atoms with E-state index in [0.717, 1.165) is 29.1 Å². The van der Waals surface area contributed by atoms with Crippen molar-refractivity contribution in [3.05, 3.63) is 29.7 Å². The molecule has 2 aromatic rings. The Hall–Kier alpha value is -1.62. The van der Waals surface area contributed by atoms with Crippen molar-refractivity contribution in [2.24, 2.45) is 0 Å². The molecule has 0 aliphatic heterocycles. The average molecular weight is 319 g/mol. The predicted octanol–water partition coefficient (Wildman–Crippen LogP) is 4.60. The van der Waals surface area contributed by atoms with Crippen LogP contribution in [0.3, 0.4) is 0 Å². The lowest BCUT2D eigenvalue weighted by Crippen LogP contribution is -2.20. The van der Waals surface area contributed by atoms with E-state index < -0.39 is 0 Å². The number of thiazole rings is 1. The zero-order chi connectivity index (χ0) is 15.2. The van der Waals surface area contributed by atoms with Crippen molar-refractivity contribution in [2.45, 2.75) is 57.5 Å². The Morgan fingerprint density at radius 1 is 1.27 bits per heavy atom. The minimum absolute atomic E-state index is 0.0970. The highest BCUT2D eigenvalue weighted by Crippen LogP contribution is 2.25. The van der Waals surface area contributed by atoms with E-state index in [4.69, 9.17) is 9.15 Å². The normalized spacial score (nSPS) is 16.9. The van der Waals surface area contributed by atoms with Crippen molar-refractivity contribution < 1.29 is 13.9 Å². The molecule has 0 bridgehead atoms. The first-order valence-electron chi connectivity index (χ1n) is 7.98. The summed E-state index contributed by atoms with van der Waals surface area (Å²) in [5.41, 5.74) is 1.72. The van der Waals surface area contributed by atoms with Crippen LogP contribution >= 0.6 is 11.3 Å². The molecule has 2 aromatic heterocycles. The van der Waals surface area contributed by atoms with Crippen molar-refractivity contribution in [2.75, 3.05) is 0 Å². The maximum atomic E-state index is 12.1. The molecule has 0 amide bonds. The number of nitrogens with zero attached hydrogens (tertiary/aromatic N) is 1. The van der Waals surface area contributed by atoms with Crippen LogP contribution in [0.2, 0.25) is 0 Å². The number of hydrogen-bond donors (Lipinski definition) is 0. The molecule has 1 fully saturated rings. The molecule has 1 aliphatic rings. The van der Waals surface area contributed by atoms with E-state index in [-0.39, 0.29) is 18.5 Å². The molecule has 1 saturated carbocycles. The summed E-state index contributed by atoms with van der Waals surface area (Å²) in [6.07, 6.45) is 11.8. The van der Waals surface area contributed by atoms with Crippen molar-refractivity contribution >= 4 is 17.3 Å². The molecule has 0 N–H and O–H groups in total. The third-order valence-corrected chi connectivity index (χ3v) is 4.94. The Balaban J connectivity index is 1.53. The Bertz CT molecular complexity index is 583. The number of carbonyl (C=O) groups is 1. The molecule has 0 atom stereocenters. The van der Waals surface area contributed by atoms with Gasteiger partial charge in [0.25, 0.3) is 0 Å². The van der Waals surface area contributed by atoms with Crippen molar-refractivity contribution in [1.29, 1.82) is 0 Å². The SMILES string of the molecule is O=C(Cc1csc(-c2ccoc2)n1)OC1CCCCCCC1. The number of hydrogen-bond acceptors (Lipinski definition) is 5. The van der Waals surface area contributed by atoms with E-state index in [1.165, 1.54) is 43.4 Å². The first-order valence-corrected chi connectivity index (χ1v) is 8.86. The minimum atomic E-state index is -0.158. The predicted molar refractivity (Wildman–Crippen MR) is 85.7 cm³/mol. The van der Waals surface area contributed by atoms with E-state index in [1.807, 2.05) is 11.4 Å². The Kier molecular flexibility index (Phi) is 5.27. The van der Waals surface area contributed by atoms with Crippen LogP contribution in [0.5, 0.6) is 0 Å². The van der Waals surface area contributed by atoms with Gasteiger partial charge >= 0.3 is 5.97 Å². The van der Waals surface area contributed by atoms with Gasteiger partial charge in [-0.1, -0.05) is 19.3 Å². The molecule has 0 radical (unpaired) electrons. The second-order valence-electron chi connectivity index (χ2n) is 5.79. The second kappa shape index (κ2) is 7.58. The van der Waals surface area contributed by atoms with Crippen molar-refractivity contribution in [3.8, 4) is 10.6 Å². The molecular formula is C17H21NO3S. The van der Waals surface area contributed by atoms with Gasteiger partial charge in [0.2, 0.25) is 0 Å². The molecule has 3 rings (SSSR count). The van der Waals surface area contributed by atoms with E-state index in [9.17, 15) is 4.79 Å². The molecule has 22 heavy (non-hydrogen) atoms. The van der Waals surface area contributed by atoms with Crippen LogP contribution in [0.25, 0.3) is 10.6 Å². The molecule has 0 spiro atoms. The maximum absolute atomic E-state index is 12.1. The largest absolute Gasteiger partial charge is 0.472 e. The molecule has 4 nitrogen and oxygen atoms in total. The smallest absolute Gasteiger partial charge is 0.312 e. The van der Waals surface area contributed by atoms with Gasteiger partial charge in [0.1, 0.15) is 17.4 Å². The van der Waals surface area contributed by atoms with Gasteiger partial charge in [-0.15, -0.1) is 11.3 Å². The molecule has 5 heteroatoms. The van der Waals surface area contributed by atoms with E-state index in [1.54, 1.807) is 12.5 Å². The highest BCUT2D eigenvalue weighted by molar-refractivity contribution is 7.13. The van der Waals surface area contributed by atoms with E-state index in [2.05, 4.69) is 4.98 Å². The van der Waals surface area contributed by atoms with Gasteiger partial charge in [0.15, 0.2) is 0 Å². The van der Waals surface area contributed by atoms with Crippen LogP contribution in [0, 0.1) is 0 Å². The van der Waals surface area contributed by atoms with Crippen molar-refractivity contribution in [3.63, 3.8) is 0 Å². The second-order valence-corrected chi connectivity index (χ2v) is 6.65. The number of carbonyl (C=O) groups excluding carboxylic acids is 1. The molecule has 0 aromatic carbocycles. The van der Waals surface area contributed by atoms with Crippen LogP contribution in [0.15, 0.2) is 28.4 Å². The number of furan rings is 1. The summed E-state index contributed by atoms with van der Waals surface area (Å²) in [6.45, 7) is 0. The standard InChI is InChI=1S/C17H21NO3S/c19-16(21-15-6-4-2-1-3-5-7-15)10-14-12-22-17(18-14)13-8-9-20-11-13/h8-9,11-12,15H,1-7,10H2. The fourth-order valence-corrected chi connectivity index (χ4v) is 3.62. The van der Waals surface area contributed by atoms with Crippen LogP contribution in [0.1, 0.15) is 50.6 Å². The maximum Gasteiger partial charge on any atom is 0.312 e. The van der Waals surface area contributed by atoms with Crippen LogP contribution < -0.4 is 0 Å². The van der Waals surface area contributed by atoms with Gasteiger partial charge in [-0.25, -0.2) is 4.98 Å². The van der Waals surface area contributed by atoms with Gasteiger partial charge in [-0.05, 0) is 31.7 Å². The first kappa shape index (κ1) is 15.3. The monoisotopic (exact) mass is 319 g/mol. The van der Waals surface area contributed by atoms with Crippen LogP contribution in [-0.2, 0) is 16.0 Å². The summed E-state index contributed by atoms with van der Waals surface area (Å²) in [5.74, 6) is -0.158. The summed E-state index contributed by atoms with van der Waals surface area (Å²) >= 11 is 1.52. The molecule has 0 saturated heterocycles. The third-order valence-electron chi connectivity index (χ3n) is 4.00. The highest BCUT2D eigenvalue weighted by Gasteiger charge is 2.17. The molecule has 0 unspecified atom stereocenters. The Labute approximate surface area is 134 Å². The molecule has 118 valence electrons. The van der Waals surface area contributed by atoms with Gasteiger partial charge < -0.3 is 9.15 Å². The molecule has 1 aliphatic carbocycles. The lowest BCUT2D eigenvalue weighted by atomic mass is 9.98. The van der Waals surface area contributed by atoms with Gasteiger partial charge in [-0.3, -0.25) is 4.79 Å². The highest BCUT2D eigenvalue weighted by atomic mass is 32.1. The van der Waals surface area contributed by atoms with Crippen LogP contribution in [-0.4, -0.2) is 17.1 Å². The number of esters is 1. The third kappa shape index (κ3) is 4.19. The average Bonchev–Trinajstić information content (AvgIpc) is 3.12. The minimum Gasteiger partial charge on any atom is -0.472 e. The summed E-state index contributed by atoms with van der Waals surface area (Å²) in [4.78, 5) is 16.6. The number of aromatic nitrogens is 1. The van der Waals surface area contributed by atoms with Crippen molar-refractivity contribution in [1.82, 2.24) is 4.98 Å². The van der Waals surface area contributed by atoms with Gasteiger partial charge in [0, 0.05) is 10.9 Å². The zero-order valence-electron chi connectivity index (χ0n) is 12.6. The quantitative estimate of drug-likeness (QED) is 0.773. The summed E-state index contributed by atoms with van der Waals surface area (Å²) in [6, 6.07) is 1.87. The Morgan fingerprint density at radius 3 is 2.77 bits per heavy atom. The fraction of sp³-hybridized carbons (Fsp3) is 0.529. The number of rotatable bonds is 4. The summed E-state index contributed by atoms with van der Waals surface area (Å²) in [5, 5.41) is 2.80. The topological polar surface area (TPSA) is 52.3 Å². The van der Waals surface area contributed by atoms with E-state index >= 15 is 0 Å². The fourth-order valence-electron chi connectivity index (χ4n) is 2.82. The van der Waals surface area contributed by atoms with Gasteiger partial charge in [-0.2, -0.15) is 0 Å². The lowest BCUT2D eigenvalue weighted by Gasteiger charge is -2.19. The summed E-state index contributed by atoms with van der Waals surface area (Å²) < 4.78 is 10.7. The van der Waals surface area contributed by atoms with Gasteiger partial charge in [0.05, 0.1) is 18.4 Å². The zero-order valence-corrected chi connectivity index (χ0v) is 13.4. The molecular weight excluding hydrogens is 298 g/mol. The summed E-state index contributed by atoms with van der Waals surface area (Å²) in [7, 11) is 0. The Morgan fingerprint density at radius 2 is 2.05 bits per heavy atom. The number of ether oxygens (including phenoxy) is 1. The molecule has 2 heterocycles. The first-order chi connectivity index (χ1) is 10.8. The lowest BCUT2D eigenvalue weighted by molar-refractivity contribution is -0.149. The van der Waals surface area contributed by atoms with Crippen LogP contribution in [0.4, 0.5) is 0 Å².